The van der Waals surface area contributed by atoms with Gasteiger partial charge in [-0.15, -0.1) is 11.8 Å². The maximum Gasteiger partial charge on any atom is 0.248 e. The normalized spacial score (nSPS) is 10.5. The number of hydrogen-bond acceptors (Lipinski definition) is 3. The molecule has 5 heteroatoms. The number of nitrogens with one attached hydrogen (secondary N) is 1. The Kier molecular flexibility index (Phi) is 6.11. The molecule has 0 heterocycles. The molecule has 2 aromatic rings. The van der Waals surface area contributed by atoms with Crippen LogP contribution in [0.1, 0.15) is 15.9 Å². The van der Waals surface area contributed by atoms with Gasteiger partial charge in [0.2, 0.25) is 5.91 Å². The van der Waals surface area contributed by atoms with E-state index in [0.29, 0.717) is 17.1 Å². The number of benzene rings is 2. The molecule has 110 valence electrons. The van der Waals surface area contributed by atoms with Gasteiger partial charge in [0.05, 0.1) is 0 Å². The summed E-state index contributed by atoms with van der Waals surface area (Å²) in [5.41, 5.74) is 6.61. The van der Waals surface area contributed by atoms with E-state index in [9.17, 15) is 4.79 Å². The Labute approximate surface area is 133 Å². The van der Waals surface area contributed by atoms with Gasteiger partial charge in [0.15, 0.2) is 0 Å². The summed E-state index contributed by atoms with van der Waals surface area (Å²) in [6.07, 6.45) is 0. The first-order valence-electron chi connectivity index (χ1n) is 6.63. The van der Waals surface area contributed by atoms with E-state index < -0.39 is 5.91 Å². The van der Waals surface area contributed by atoms with Crippen LogP contribution in [0, 0.1) is 0 Å². The van der Waals surface area contributed by atoms with Gasteiger partial charge in [0.25, 0.3) is 0 Å². The molecule has 0 spiro atoms. The van der Waals surface area contributed by atoms with Gasteiger partial charge in [0.1, 0.15) is 0 Å². The molecule has 0 aliphatic carbocycles. The van der Waals surface area contributed by atoms with E-state index in [1.54, 1.807) is 12.1 Å². The van der Waals surface area contributed by atoms with E-state index >= 15 is 0 Å². The summed E-state index contributed by atoms with van der Waals surface area (Å²) in [5, 5.41) is 3.90. The Hall–Kier alpha value is -1.49. The van der Waals surface area contributed by atoms with Crippen LogP contribution in [-0.4, -0.2) is 18.2 Å². The smallest absolute Gasteiger partial charge is 0.248 e. The van der Waals surface area contributed by atoms with E-state index in [4.69, 9.17) is 17.3 Å². The number of carbonyl (C=O) groups excluding carboxylic acids is 1. The first kappa shape index (κ1) is 15.9. The minimum absolute atomic E-state index is 0.434. The monoisotopic (exact) mass is 320 g/mol. The number of thioether (sulfide) groups is 1. The lowest BCUT2D eigenvalue weighted by atomic mass is 10.1. The molecule has 0 aromatic heterocycles. The SMILES string of the molecule is NC(=O)c1ccc(CNCCSc2ccccc2)c(Cl)c1. The lowest BCUT2D eigenvalue weighted by molar-refractivity contribution is 0.100. The second-order valence-electron chi connectivity index (χ2n) is 4.51. The van der Waals surface area contributed by atoms with Gasteiger partial charge in [0, 0.05) is 34.3 Å². The average molecular weight is 321 g/mol. The maximum absolute atomic E-state index is 11.0. The van der Waals surface area contributed by atoms with Gasteiger partial charge in [-0.05, 0) is 29.8 Å². The van der Waals surface area contributed by atoms with Crippen molar-refractivity contribution in [1.29, 1.82) is 0 Å². The van der Waals surface area contributed by atoms with E-state index in [1.165, 1.54) is 4.90 Å². The van der Waals surface area contributed by atoms with Crippen LogP contribution >= 0.6 is 23.4 Å². The predicted molar refractivity (Wildman–Crippen MR) is 88.8 cm³/mol. The van der Waals surface area contributed by atoms with Crippen molar-refractivity contribution >= 4 is 29.3 Å². The number of primary amides is 1. The highest BCUT2D eigenvalue weighted by Gasteiger charge is 2.05. The van der Waals surface area contributed by atoms with Gasteiger partial charge < -0.3 is 11.1 Å². The molecule has 1 amide bonds. The van der Waals surface area contributed by atoms with E-state index in [1.807, 2.05) is 36.0 Å². The highest BCUT2D eigenvalue weighted by molar-refractivity contribution is 7.99. The molecule has 3 N–H and O–H groups in total. The van der Waals surface area contributed by atoms with Crippen molar-refractivity contribution in [3.63, 3.8) is 0 Å². The lowest BCUT2D eigenvalue weighted by Gasteiger charge is -2.08. The van der Waals surface area contributed by atoms with Crippen molar-refractivity contribution in [3.05, 3.63) is 64.7 Å². The van der Waals surface area contributed by atoms with E-state index in [0.717, 1.165) is 17.9 Å². The second-order valence-corrected chi connectivity index (χ2v) is 6.08. The maximum atomic E-state index is 11.0. The third-order valence-electron chi connectivity index (χ3n) is 2.94. The highest BCUT2D eigenvalue weighted by atomic mass is 35.5. The third kappa shape index (κ3) is 5.08. The molecule has 0 fully saturated rings. The molecular formula is C16H17ClN2OS. The summed E-state index contributed by atoms with van der Waals surface area (Å²) < 4.78 is 0. The van der Waals surface area contributed by atoms with Gasteiger partial charge >= 0.3 is 0 Å². The predicted octanol–water partition coefficient (Wildman–Crippen LogP) is 3.32. The minimum Gasteiger partial charge on any atom is -0.366 e. The number of amides is 1. The second kappa shape index (κ2) is 8.08. The number of halogens is 1. The summed E-state index contributed by atoms with van der Waals surface area (Å²) in [7, 11) is 0. The van der Waals surface area contributed by atoms with Gasteiger partial charge in [-0.1, -0.05) is 35.9 Å². The van der Waals surface area contributed by atoms with Crippen LogP contribution in [0.2, 0.25) is 5.02 Å². The van der Waals surface area contributed by atoms with Crippen LogP contribution in [0.5, 0.6) is 0 Å². The number of rotatable bonds is 7. The molecule has 21 heavy (non-hydrogen) atoms. The average Bonchev–Trinajstić information content (AvgIpc) is 2.49. The topological polar surface area (TPSA) is 55.1 Å². The van der Waals surface area contributed by atoms with Crippen LogP contribution in [0.3, 0.4) is 0 Å². The summed E-state index contributed by atoms with van der Waals surface area (Å²) in [6.45, 7) is 1.56. The Morgan fingerprint density at radius 2 is 1.95 bits per heavy atom. The first-order chi connectivity index (χ1) is 10.2. The molecule has 0 aliphatic rings. The molecule has 0 saturated carbocycles. The van der Waals surface area contributed by atoms with Crippen molar-refractivity contribution in [1.82, 2.24) is 5.32 Å². The van der Waals surface area contributed by atoms with Crippen LogP contribution in [0.15, 0.2) is 53.4 Å². The largest absolute Gasteiger partial charge is 0.366 e. The summed E-state index contributed by atoms with van der Waals surface area (Å²) >= 11 is 7.94. The third-order valence-corrected chi connectivity index (χ3v) is 4.31. The quantitative estimate of drug-likeness (QED) is 0.608. The minimum atomic E-state index is -0.462. The van der Waals surface area contributed by atoms with Gasteiger partial charge in [-0.3, -0.25) is 4.79 Å². The fourth-order valence-electron chi connectivity index (χ4n) is 1.82. The lowest BCUT2D eigenvalue weighted by Crippen LogP contribution is -2.17. The molecule has 0 radical (unpaired) electrons. The van der Waals surface area contributed by atoms with Crippen LogP contribution in [-0.2, 0) is 6.54 Å². The van der Waals surface area contributed by atoms with Gasteiger partial charge in [-0.25, -0.2) is 0 Å². The number of hydrogen-bond donors (Lipinski definition) is 2. The Bertz CT molecular complexity index is 604. The first-order valence-corrected chi connectivity index (χ1v) is 8.00. The standard InChI is InChI=1S/C16H17ClN2OS/c17-15-10-12(16(18)20)6-7-13(15)11-19-8-9-21-14-4-2-1-3-5-14/h1-7,10,19H,8-9,11H2,(H2,18,20). The van der Waals surface area contributed by atoms with Gasteiger partial charge in [-0.2, -0.15) is 0 Å². The molecule has 2 aromatic carbocycles. The summed E-state index contributed by atoms with van der Waals surface area (Å²) in [6, 6.07) is 15.4. The molecule has 0 unspecified atom stereocenters. The van der Waals surface area contributed by atoms with E-state index in [2.05, 4.69) is 17.4 Å². The molecular weight excluding hydrogens is 304 g/mol. The molecule has 0 aliphatic heterocycles. The van der Waals surface area contributed by atoms with Crippen molar-refractivity contribution in [2.45, 2.75) is 11.4 Å². The van der Waals surface area contributed by atoms with Crippen molar-refractivity contribution in [3.8, 4) is 0 Å². The highest BCUT2D eigenvalue weighted by Crippen LogP contribution is 2.18. The Morgan fingerprint density at radius 1 is 1.19 bits per heavy atom. The number of carbonyl (C=O) groups is 1. The zero-order valence-corrected chi connectivity index (χ0v) is 13.1. The van der Waals surface area contributed by atoms with Crippen LogP contribution in [0.4, 0.5) is 0 Å². The van der Waals surface area contributed by atoms with Crippen LogP contribution in [0.25, 0.3) is 0 Å². The molecule has 0 atom stereocenters. The van der Waals surface area contributed by atoms with Crippen molar-refractivity contribution in [2.75, 3.05) is 12.3 Å². The fourth-order valence-corrected chi connectivity index (χ4v) is 2.90. The summed E-state index contributed by atoms with van der Waals surface area (Å²) in [4.78, 5) is 12.3. The molecule has 0 saturated heterocycles. The molecule has 3 nitrogen and oxygen atoms in total. The van der Waals surface area contributed by atoms with E-state index in [-0.39, 0.29) is 0 Å². The van der Waals surface area contributed by atoms with Crippen molar-refractivity contribution in [2.24, 2.45) is 5.73 Å². The fraction of sp³-hybridized carbons (Fsp3) is 0.188. The molecule has 2 rings (SSSR count). The zero-order valence-electron chi connectivity index (χ0n) is 11.5. The van der Waals surface area contributed by atoms with Crippen molar-refractivity contribution < 1.29 is 4.79 Å². The molecule has 0 bridgehead atoms. The zero-order chi connectivity index (χ0) is 15.1. The van der Waals surface area contributed by atoms with Crippen LogP contribution < -0.4 is 11.1 Å². The summed E-state index contributed by atoms with van der Waals surface area (Å²) in [5.74, 6) is 0.525. The Morgan fingerprint density at radius 3 is 2.62 bits per heavy atom. The Balaban J connectivity index is 1.75. The number of nitrogens with two attached hydrogens (primary N) is 1.